The van der Waals surface area contributed by atoms with Crippen LogP contribution in [0.25, 0.3) is 0 Å². The molecule has 1 aromatic rings. The van der Waals surface area contributed by atoms with Crippen LogP contribution < -0.4 is 4.72 Å². The second-order valence-corrected chi connectivity index (χ2v) is 7.71. The minimum absolute atomic E-state index is 0.0296. The number of hydrogen-bond donors (Lipinski definition) is 1. The van der Waals surface area contributed by atoms with Gasteiger partial charge in [-0.2, -0.15) is 0 Å². The van der Waals surface area contributed by atoms with E-state index in [1.54, 1.807) is 24.3 Å². The third kappa shape index (κ3) is 5.35. The third-order valence-electron chi connectivity index (χ3n) is 3.74. The van der Waals surface area contributed by atoms with E-state index in [-0.39, 0.29) is 12.1 Å². The van der Waals surface area contributed by atoms with Crippen LogP contribution >= 0.6 is 0 Å². The van der Waals surface area contributed by atoms with Crippen molar-refractivity contribution in [1.82, 2.24) is 9.62 Å². The van der Waals surface area contributed by atoms with Crippen molar-refractivity contribution >= 4 is 10.0 Å². The van der Waals surface area contributed by atoms with E-state index in [9.17, 15) is 8.42 Å². The lowest BCUT2D eigenvalue weighted by Gasteiger charge is -2.33. The van der Waals surface area contributed by atoms with Gasteiger partial charge in [0.15, 0.2) is 0 Å². The Bertz CT molecular complexity index is 546. The Balaban J connectivity index is 1.87. The summed E-state index contributed by atoms with van der Waals surface area (Å²) in [5.41, 5.74) is 0. The fourth-order valence-corrected chi connectivity index (χ4v) is 3.94. The molecule has 2 rings (SSSR count). The number of benzene rings is 1. The normalized spacial score (nSPS) is 20.4. The molecule has 1 unspecified atom stereocenters. The van der Waals surface area contributed by atoms with E-state index in [0.717, 1.165) is 32.5 Å². The van der Waals surface area contributed by atoms with E-state index in [4.69, 9.17) is 4.74 Å². The molecule has 0 bridgehead atoms. The van der Waals surface area contributed by atoms with Gasteiger partial charge in [-0.15, -0.1) is 0 Å². The smallest absolute Gasteiger partial charge is 0.240 e. The maximum Gasteiger partial charge on any atom is 0.240 e. The maximum atomic E-state index is 12.4. The molecular weight excluding hydrogens is 300 g/mol. The number of nitrogens with zero attached hydrogens (tertiary/aromatic N) is 1. The van der Waals surface area contributed by atoms with Crippen LogP contribution in [0.3, 0.4) is 0 Å². The standard InChI is InChI=1S/C16H26N2O3S/c1-14(2)21-12-11-18-10-6-7-15(13-18)17-22(19,20)16-8-4-3-5-9-16/h3-5,8-9,14-15,17H,6-7,10-13H2,1-2H3. The number of hydrogen-bond acceptors (Lipinski definition) is 4. The van der Waals surface area contributed by atoms with Crippen LogP contribution in [0.15, 0.2) is 35.2 Å². The summed E-state index contributed by atoms with van der Waals surface area (Å²) < 4.78 is 33.1. The minimum Gasteiger partial charge on any atom is -0.377 e. The Morgan fingerprint density at radius 2 is 2.05 bits per heavy atom. The van der Waals surface area contributed by atoms with E-state index in [0.29, 0.717) is 11.5 Å². The summed E-state index contributed by atoms with van der Waals surface area (Å²) in [4.78, 5) is 2.60. The topological polar surface area (TPSA) is 58.6 Å². The number of piperidine rings is 1. The van der Waals surface area contributed by atoms with Crippen molar-refractivity contribution in [3.8, 4) is 0 Å². The zero-order valence-corrected chi connectivity index (χ0v) is 14.2. The molecule has 1 fully saturated rings. The number of ether oxygens (including phenoxy) is 1. The summed E-state index contributed by atoms with van der Waals surface area (Å²) in [6.07, 6.45) is 2.12. The molecule has 0 amide bonds. The maximum absolute atomic E-state index is 12.4. The van der Waals surface area contributed by atoms with Gasteiger partial charge >= 0.3 is 0 Å². The summed E-state index contributed by atoms with van der Waals surface area (Å²) in [5, 5.41) is 0. The molecule has 1 N–H and O–H groups in total. The van der Waals surface area contributed by atoms with Gasteiger partial charge in [-0.25, -0.2) is 13.1 Å². The number of nitrogens with one attached hydrogen (secondary N) is 1. The fraction of sp³-hybridized carbons (Fsp3) is 0.625. The predicted octanol–water partition coefficient (Wildman–Crippen LogP) is 1.85. The molecule has 5 nitrogen and oxygen atoms in total. The Hall–Kier alpha value is -0.950. The molecule has 1 heterocycles. The van der Waals surface area contributed by atoms with Gasteiger partial charge in [0.2, 0.25) is 10.0 Å². The molecule has 22 heavy (non-hydrogen) atoms. The average molecular weight is 326 g/mol. The van der Waals surface area contributed by atoms with Crippen LogP contribution in [0.5, 0.6) is 0 Å². The fourth-order valence-electron chi connectivity index (χ4n) is 2.66. The summed E-state index contributed by atoms with van der Waals surface area (Å²) in [7, 11) is -3.43. The predicted molar refractivity (Wildman–Crippen MR) is 87.3 cm³/mol. The highest BCUT2D eigenvalue weighted by atomic mass is 32.2. The van der Waals surface area contributed by atoms with Crippen molar-refractivity contribution in [2.24, 2.45) is 0 Å². The van der Waals surface area contributed by atoms with Gasteiger partial charge in [0.25, 0.3) is 0 Å². The van der Waals surface area contributed by atoms with Gasteiger partial charge < -0.3 is 4.74 Å². The van der Waals surface area contributed by atoms with E-state index in [1.807, 2.05) is 19.9 Å². The number of rotatable bonds is 7. The van der Waals surface area contributed by atoms with Crippen molar-refractivity contribution in [3.63, 3.8) is 0 Å². The molecule has 1 aliphatic heterocycles. The summed E-state index contributed by atoms with van der Waals surface area (Å²) >= 11 is 0. The van der Waals surface area contributed by atoms with Gasteiger partial charge in [-0.1, -0.05) is 18.2 Å². The van der Waals surface area contributed by atoms with Crippen LogP contribution in [0.2, 0.25) is 0 Å². The first-order valence-corrected chi connectivity index (χ1v) is 9.37. The second kappa shape index (κ2) is 8.06. The van der Waals surface area contributed by atoms with Gasteiger partial charge in [0.05, 0.1) is 17.6 Å². The molecular formula is C16H26N2O3S. The molecule has 0 saturated carbocycles. The van der Waals surface area contributed by atoms with Gasteiger partial charge in [-0.3, -0.25) is 4.90 Å². The van der Waals surface area contributed by atoms with Crippen LogP contribution in [-0.2, 0) is 14.8 Å². The largest absolute Gasteiger partial charge is 0.377 e. The van der Waals surface area contributed by atoms with Gasteiger partial charge in [0.1, 0.15) is 0 Å². The monoisotopic (exact) mass is 326 g/mol. The Labute approximate surface area is 133 Å². The average Bonchev–Trinajstić information content (AvgIpc) is 2.48. The van der Waals surface area contributed by atoms with Crippen LogP contribution in [-0.4, -0.2) is 51.7 Å². The zero-order valence-electron chi connectivity index (χ0n) is 13.4. The summed E-state index contributed by atoms with van der Waals surface area (Å²) in [6.45, 7) is 7.33. The highest BCUT2D eigenvalue weighted by molar-refractivity contribution is 7.89. The van der Waals surface area contributed by atoms with E-state index in [2.05, 4.69) is 9.62 Å². The lowest BCUT2D eigenvalue weighted by molar-refractivity contribution is 0.0526. The Morgan fingerprint density at radius 1 is 1.32 bits per heavy atom. The summed E-state index contributed by atoms with van der Waals surface area (Å²) in [6, 6.07) is 8.52. The van der Waals surface area contributed by atoms with Crippen molar-refractivity contribution in [2.45, 2.75) is 43.7 Å². The molecule has 1 aromatic carbocycles. The molecule has 0 spiro atoms. The highest BCUT2D eigenvalue weighted by Crippen LogP contribution is 2.14. The SMILES string of the molecule is CC(C)OCCN1CCCC(NS(=O)(=O)c2ccccc2)C1. The molecule has 0 aromatic heterocycles. The van der Waals surface area contributed by atoms with Crippen molar-refractivity contribution < 1.29 is 13.2 Å². The first-order chi connectivity index (χ1) is 10.5. The van der Waals surface area contributed by atoms with Crippen LogP contribution in [0, 0.1) is 0 Å². The lowest BCUT2D eigenvalue weighted by atomic mass is 10.1. The number of sulfonamides is 1. The molecule has 1 aliphatic rings. The molecule has 0 radical (unpaired) electrons. The van der Waals surface area contributed by atoms with Crippen molar-refractivity contribution in [2.75, 3.05) is 26.2 Å². The lowest BCUT2D eigenvalue weighted by Crippen LogP contribution is -2.48. The van der Waals surface area contributed by atoms with Gasteiger partial charge in [0, 0.05) is 19.1 Å². The molecule has 124 valence electrons. The molecule has 1 saturated heterocycles. The minimum atomic E-state index is -3.43. The first kappa shape index (κ1) is 17.4. The Kier molecular flexibility index (Phi) is 6.37. The quantitative estimate of drug-likeness (QED) is 0.831. The first-order valence-electron chi connectivity index (χ1n) is 7.89. The van der Waals surface area contributed by atoms with Crippen molar-refractivity contribution in [3.05, 3.63) is 30.3 Å². The molecule has 1 atom stereocenters. The van der Waals surface area contributed by atoms with E-state index < -0.39 is 10.0 Å². The highest BCUT2D eigenvalue weighted by Gasteiger charge is 2.24. The van der Waals surface area contributed by atoms with E-state index in [1.165, 1.54) is 0 Å². The second-order valence-electron chi connectivity index (χ2n) is 5.99. The third-order valence-corrected chi connectivity index (χ3v) is 5.28. The number of likely N-dealkylation sites (tertiary alicyclic amines) is 1. The van der Waals surface area contributed by atoms with Crippen LogP contribution in [0.1, 0.15) is 26.7 Å². The van der Waals surface area contributed by atoms with Crippen LogP contribution in [0.4, 0.5) is 0 Å². The van der Waals surface area contributed by atoms with Gasteiger partial charge in [-0.05, 0) is 45.4 Å². The molecule has 6 heteroatoms. The summed E-state index contributed by atoms with van der Waals surface area (Å²) in [5.74, 6) is 0. The van der Waals surface area contributed by atoms with E-state index >= 15 is 0 Å². The Morgan fingerprint density at radius 3 is 2.73 bits per heavy atom. The van der Waals surface area contributed by atoms with Crippen molar-refractivity contribution in [1.29, 1.82) is 0 Å². The zero-order chi connectivity index (χ0) is 16.0. The molecule has 0 aliphatic carbocycles.